The Bertz CT molecular complexity index is 735. The number of fused-ring (bicyclic) bond motifs is 3. The Kier molecular flexibility index (Phi) is 3.34. The van der Waals surface area contributed by atoms with E-state index in [0.717, 1.165) is 36.1 Å². The first-order valence-corrected chi connectivity index (χ1v) is 7.98. The molecular weight excluding hydrogens is 290 g/mol. The summed E-state index contributed by atoms with van der Waals surface area (Å²) in [5, 5.41) is 11.2. The SMILES string of the molecule is O=CN1CCC2(CC1)c1ccccc1Oc1ccccc1C2O. The first kappa shape index (κ1) is 14.3. The summed E-state index contributed by atoms with van der Waals surface area (Å²) in [4.78, 5) is 12.8. The van der Waals surface area contributed by atoms with Crippen LogP contribution in [-0.2, 0) is 10.2 Å². The number of carbonyl (C=O) groups is 1. The number of likely N-dealkylation sites (tertiary alicyclic amines) is 1. The van der Waals surface area contributed by atoms with E-state index in [2.05, 4.69) is 0 Å². The number of nitrogens with zero attached hydrogens (tertiary/aromatic N) is 1. The lowest BCUT2D eigenvalue weighted by atomic mass is 9.67. The molecule has 0 saturated carbocycles. The highest BCUT2D eigenvalue weighted by Crippen LogP contribution is 2.53. The number of carbonyl (C=O) groups excluding carboxylic acids is 1. The molecule has 0 bridgehead atoms. The van der Waals surface area contributed by atoms with Gasteiger partial charge in [0, 0.05) is 29.6 Å². The zero-order chi connectivity index (χ0) is 15.9. The van der Waals surface area contributed by atoms with Crippen molar-refractivity contribution >= 4 is 6.41 Å². The maximum Gasteiger partial charge on any atom is 0.209 e. The molecule has 4 rings (SSSR count). The minimum absolute atomic E-state index is 0.414. The van der Waals surface area contributed by atoms with E-state index >= 15 is 0 Å². The molecular formula is C19H19NO3. The van der Waals surface area contributed by atoms with Crippen LogP contribution in [0.25, 0.3) is 0 Å². The van der Waals surface area contributed by atoms with Crippen LogP contribution in [0, 0.1) is 0 Å². The normalized spacial score (nSPS) is 21.8. The second kappa shape index (κ2) is 5.39. The van der Waals surface area contributed by atoms with Crippen LogP contribution in [0.5, 0.6) is 11.5 Å². The van der Waals surface area contributed by atoms with Crippen LogP contribution in [0.15, 0.2) is 48.5 Å². The maximum absolute atomic E-state index is 11.2. The molecule has 0 radical (unpaired) electrons. The van der Waals surface area contributed by atoms with Crippen molar-refractivity contribution in [1.82, 2.24) is 4.90 Å². The topological polar surface area (TPSA) is 49.8 Å². The maximum atomic E-state index is 11.2. The second-order valence-corrected chi connectivity index (χ2v) is 6.34. The predicted octanol–water partition coefficient (Wildman–Crippen LogP) is 3.02. The van der Waals surface area contributed by atoms with E-state index < -0.39 is 11.5 Å². The van der Waals surface area contributed by atoms with Crippen molar-refractivity contribution in [2.75, 3.05) is 13.1 Å². The van der Waals surface area contributed by atoms with Gasteiger partial charge in [0.1, 0.15) is 11.5 Å². The predicted molar refractivity (Wildman–Crippen MR) is 86.5 cm³/mol. The van der Waals surface area contributed by atoms with Gasteiger partial charge in [-0.2, -0.15) is 0 Å². The van der Waals surface area contributed by atoms with Gasteiger partial charge in [-0.1, -0.05) is 36.4 Å². The van der Waals surface area contributed by atoms with Gasteiger partial charge in [0.05, 0.1) is 6.10 Å². The molecule has 0 aromatic heterocycles. The molecule has 1 saturated heterocycles. The fourth-order valence-corrected chi connectivity index (χ4v) is 3.90. The molecule has 1 unspecified atom stereocenters. The van der Waals surface area contributed by atoms with Gasteiger partial charge < -0.3 is 14.7 Å². The highest BCUT2D eigenvalue weighted by atomic mass is 16.5. The first-order valence-electron chi connectivity index (χ1n) is 7.98. The number of hydrogen-bond donors (Lipinski definition) is 1. The Morgan fingerprint density at radius 2 is 1.70 bits per heavy atom. The quantitative estimate of drug-likeness (QED) is 0.824. The molecule has 1 spiro atoms. The van der Waals surface area contributed by atoms with Crippen LogP contribution in [0.3, 0.4) is 0 Å². The van der Waals surface area contributed by atoms with Gasteiger partial charge >= 0.3 is 0 Å². The average Bonchev–Trinajstić information content (AvgIpc) is 2.71. The summed E-state index contributed by atoms with van der Waals surface area (Å²) in [6.45, 7) is 1.30. The van der Waals surface area contributed by atoms with E-state index in [1.54, 1.807) is 4.90 Å². The van der Waals surface area contributed by atoms with Crippen LogP contribution in [0.4, 0.5) is 0 Å². The largest absolute Gasteiger partial charge is 0.457 e. The molecule has 23 heavy (non-hydrogen) atoms. The Labute approximate surface area is 135 Å². The van der Waals surface area contributed by atoms with Gasteiger partial charge in [0.2, 0.25) is 6.41 Å². The molecule has 2 heterocycles. The molecule has 1 N–H and O–H groups in total. The second-order valence-electron chi connectivity index (χ2n) is 6.34. The molecule has 0 aliphatic carbocycles. The summed E-state index contributed by atoms with van der Waals surface area (Å²) >= 11 is 0. The van der Waals surface area contributed by atoms with Crippen molar-refractivity contribution in [3.8, 4) is 11.5 Å². The minimum atomic E-state index is -0.642. The summed E-state index contributed by atoms with van der Waals surface area (Å²) in [5.41, 5.74) is 1.44. The van der Waals surface area contributed by atoms with Crippen LogP contribution in [0.1, 0.15) is 30.1 Å². The summed E-state index contributed by atoms with van der Waals surface area (Å²) in [6, 6.07) is 15.6. The van der Waals surface area contributed by atoms with Gasteiger partial charge in [-0.15, -0.1) is 0 Å². The van der Waals surface area contributed by atoms with Crippen LogP contribution in [0.2, 0.25) is 0 Å². The molecule has 1 amide bonds. The Morgan fingerprint density at radius 3 is 2.43 bits per heavy atom. The third-order valence-corrected chi connectivity index (χ3v) is 5.22. The molecule has 2 aromatic rings. The monoisotopic (exact) mass is 309 g/mol. The van der Waals surface area contributed by atoms with Gasteiger partial charge in [-0.25, -0.2) is 0 Å². The lowest BCUT2D eigenvalue weighted by Gasteiger charge is -2.43. The summed E-state index contributed by atoms with van der Waals surface area (Å²) in [7, 11) is 0. The molecule has 4 nitrogen and oxygen atoms in total. The zero-order valence-corrected chi connectivity index (χ0v) is 12.8. The van der Waals surface area contributed by atoms with E-state index in [-0.39, 0.29) is 0 Å². The third kappa shape index (κ3) is 2.13. The van der Waals surface area contributed by atoms with Crippen LogP contribution >= 0.6 is 0 Å². The molecule has 1 fully saturated rings. The summed E-state index contributed by atoms with van der Waals surface area (Å²) < 4.78 is 6.11. The fraction of sp³-hybridized carbons (Fsp3) is 0.316. The van der Waals surface area contributed by atoms with Gasteiger partial charge in [-0.05, 0) is 25.0 Å². The number of para-hydroxylation sites is 2. The van der Waals surface area contributed by atoms with E-state index in [1.165, 1.54) is 0 Å². The Morgan fingerprint density at radius 1 is 1.04 bits per heavy atom. The number of aliphatic hydroxyl groups is 1. The number of piperidine rings is 1. The average molecular weight is 309 g/mol. The molecule has 4 heteroatoms. The molecule has 2 aromatic carbocycles. The van der Waals surface area contributed by atoms with Crippen molar-refractivity contribution < 1.29 is 14.6 Å². The van der Waals surface area contributed by atoms with E-state index in [9.17, 15) is 9.90 Å². The number of rotatable bonds is 1. The fourth-order valence-electron chi connectivity index (χ4n) is 3.90. The van der Waals surface area contributed by atoms with Crippen molar-refractivity contribution in [2.24, 2.45) is 0 Å². The number of ether oxygens (including phenoxy) is 1. The smallest absolute Gasteiger partial charge is 0.209 e. The number of amides is 1. The Balaban J connectivity index is 1.88. The van der Waals surface area contributed by atoms with E-state index in [0.29, 0.717) is 18.8 Å². The van der Waals surface area contributed by atoms with Crippen molar-refractivity contribution in [3.05, 3.63) is 59.7 Å². The van der Waals surface area contributed by atoms with Gasteiger partial charge in [0.25, 0.3) is 0 Å². The summed E-state index contributed by atoms with van der Waals surface area (Å²) in [5.74, 6) is 1.51. The molecule has 2 aliphatic rings. The molecule has 118 valence electrons. The minimum Gasteiger partial charge on any atom is -0.457 e. The van der Waals surface area contributed by atoms with Gasteiger partial charge in [-0.3, -0.25) is 4.79 Å². The first-order chi connectivity index (χ1) is 11.2. The van der Waals surface area contributed by atoms with Crippen molar-refractivity contribution in [1.29, 1.82) is 0 Å². The number of aliphatic hydroxyl groups excluding tert-OH is 1. The van der Waals surface area contributed by atoms with Crippen molar-refractivity contribution in [3.63, 3.8) is 0 Å². The number of hydrogen-bond acceptors (Lipinski definition) is 3. The highest BCUT2D eigenvalue weighted by Gasteiger charge is 2.46. The number of benzene rings is 2. The van der Waals surface area contributed by atoms with E-state index in [1.807, 2.05) is 48.5 Å². The summed E-state index contributed by atoms with van der Waals surface area (Å²) in [6.07, 6.45) is 1.70. The zero-order valence-electron chi connectivity index (χ0n) is 12.8. The molecule has 2 aliphatic heterocycles. The van der Waals surface area contributed by atoms with Crippen molar-refractivity contribution in [2.45, 2.75) is 24.4 Å². The van der Waals surface area contributed by atoms with Crippen LogP contribution < -0.4 is 4.74 Å². The van der Waals surface area contributed by atoms with E-state index in [4.69, 9.17) is 4.74 Å². The third-order valence-electron chi connectivity index (χ3n) is 5.22. The highest BCUT2D eigenvalue weighted by molar-refractivity contribution is 5.53. The van der Waals surface area contributed by atoms with Gasteiger partial charge in [0.15, 0.2) is 0 Å². The lowest BCUT2D eigenvalue weighted by Crippen LogP contribution is -2.45. The van der Waals surface area contributed by atoms with Crippen LogP contribution in [-0.4, -0.2) is 29.5 Å². The Hall–Kier alpha value is -2.33. The molecule has 1 atom stereocenters. The lowest BCUT2D eigenvalue weighted by molar-refractivity contribution is -0.120. The standard InChI is InChI=1S/C19H19NO3/c21-13-20-11-9-19(10-12-20)15-6-2-4-8-17(15)23-16-7-3-1-5-14(16)18(19)22/h1-8,13,18,22H,9-12H2.